The van der Waals surface area contributed by atoms with Crippen LogP contribution in [0, 0.1) is 11.6 Å². The first-order valence-electron chi connectivity index (χ1n) is 5.01. The molecule has 16 heavy (non-hydrogen) atoms. The van der Waals surface area contributed by atoms with E-state index in [1.54, 1.807) is 6.08 Å². The Morgan fingerprint density at radius 3 is 2.44 bits per heavy atom. The number of aliphatic hydroxyl groups excluding tert-OH is 1. The predicted molar refractivity (Wildman–Crippen MR) is 57.2 cm³/mol. The molecule has 0 atom stereocenters. The lowest BCUT2D eigenvalue weighted by atomic mass is 10.2. The van der Waals surface area contributed by atoms with E-state index in [0.717, 1.165) is 18.6 Å². The van der Waals surface area contributed by atoms with Crippen LogP contribution >= 0.6 is 0 Å². The van der Waals surface area contributed by atoms with E-state index >= 15 is 0 Å². The maximum Gasteiger partial charge on any atom is 0.190 e. The predicted octanol–water partition coefficient (Wildman–Crippen LogP) is 2.80. The average molecular weight is 228 g/mol. The largest absolute Gasteiger partial charge is 0.488 e. The molecule has 1 aromatic carbocycles. The second-order valence-corrected chi connectivity index (χ2v) is 3.33. The molecule has 88 valence electrons. The number of rotatable bonds is 6. The molecule has 0 fully saturated rings. The molecule has 0 aliphatic heterocycles. The number of allylic oxidation sites excluding steroid dienone is 1. The molecular weight excluding hydrogens is 214 g/mol. The number of aliphatic hydroxyl groups is 1. The Labute approximate surface area is 93.2 Å². The molecule has 0 radical (unpaired) electrons. The average Bonchev–Trinajstić information content (AvgIpc) is 2.26. The van der Waals surface area contributed by atoms with Crippen molar-refractivity contribution in [1.29, 1.82) is 0 Å². The van der Waals surface area contributed by atoms with Crippen LogP contribution in [-0.4, -0.2) is 11.7 Å². The fourth-order valence-corrected chi connectivity index (χ4v) is 1.24. The molecule has 1 rings (SSSR count). The molecule has 1 aromatic rings. The highest BCUT2D eigenvalue weighted by atomic mass is 19.1. The minimum Gasteiger partial charge on any atom is -0.488 e. The fourth-order valence-electron chi connectivity index (χ4n) is 1.24. The van der Waals surface area contributed by atoms with Crippen molar-refractivity contribution < 1.29 is 18.6 Å². The first kappa shape index (κ1) is 12.6. The molecule has 2 nitrogen and oxygen atoms in total. The summed E-state index contributed by atoms with van der Waals surface area (Å²) in [6.07, 6.45) is 3.10. The van der Waals surface area contributed by atoms with Crippen LogP contribution in [0.25, 0.3) is 0 Å². The zero-order valence-electron chi connectivity index (χ0n) is 8.88. The number of unbranched alkanes of at least 4 members (excludes halogenated alkanes) is 1. The van der Waals surface area contributed by atoms with Crippen molar-refractivity contribution in [3.63, 3.8) is 0 Å². The number of ether oxygens (including phenoxy) is 1. The second-order valence-electron chi connectivity index (χ2n) is 3.33. The smallest absolute Gasteiger partial charge is 0.190 e. The molecule has 0 saturated heterocycles. The standard InChI is InChI=1S/C12H14F2O2/c1-2-3-4-5-16-12-10(13)6-9(8-15)7-11(12)14/h2,6-7,15H,1,3-5,8H2. The van der Waals surface area contributed by atoms with Gasteiger partial charge in [-0.15, -0.1) is 6.58 Å². The van der Waals surface area contributed by atoms with E-state index in [9.17, 15) is 8.78 Å². The van der Waals surface area contributed by atoms with Gasteiger partial charge in [0.25, 0.3) is 0 Å². The highest BCUT2D eigenvalue weighted by Gasteiger charge is 2.11. The van der Waals surface area contributed by atoms with E-state index in [0.29, 0.717) is 6.42 Å². The van der Waals surface area contributed by atoms with Crippen LogP contribution in [0.1, 0.15) is 18.4 Å². The molecule has 0 aromatic heterocycles. The van der Waals surface area contributed by atoms with Crippen molar-refractivity contribution in [2.75, 3.05) is 6.61 Å². The van der Waals surface area contributed by atoms with Gasteiger partial charge < -0.3 is 9.84 Å². The van der Waals surface area contributed by atoms with E-state index in [2.05, 4.69) is 6.58 Å². The van der Waals surface area contributed by atoms with Crippen molar-refractivity contribution in [2.24, 2.45) is 0 Å². The third-order valence-corrected chi connectivity index (χ3v) is 2.04. The van der Waals surface area contributed by atoms with Crippen molar-refractivity contribution in [3.05, 3.63) is 42.0 Å². The number of hydrogen-bond donors (Lipinski definition) is 1. The Morgan fingerprint density at radius 2 is 1.94 bits per heavy atom. The molecule has 0 aliphatic rings. The van der Waals surface area contributed by atoms with Crippen LogP contribution in [0.2, 0.25) is 0 Å². The van der Waals surface area contributed by atoms with Gasteiger partial charge in [-0.3, -0.25) is 0 Å². The van der Waals surface area contributed by atoms with Crippen LogP contribution < -0.4 is 4.74 Å². The van der Waals surface area contributed by atoms with E-state index < -0.39 is 18.2 Å². The van der Waals surface area contributed by atoms with Gasteiger partial charge in [-0.25, -0.2) is 8.78 Å². The van der Waals surface area contributed by atoms with Crippen LogP contribution in [0.5, 0.6) is 5.75 Å². The van der Waals surface area contributed by atoms with Gasteiger partial charge in [-0.05, 0) is 30.5 Å². The normalized spacial score (nSPS) is 10.2. The highest BCUT2D eigenvalue weighted by molar-refractivity contribution is 5.31. The SMILES string of the molecule is C=CCCCOc1c(F)cc(CO)cc1F. The van der Waals surface area contributed by atoms with Crippen LogP contribution in [-0.2, 0) is 6.61 Å². The van der Waals surface area contributed by atoms with Crippen molar-refractivity contribution in [1.82, 2.24) is 0 Å². The molecule has 0 bridgehead atoms. The van der Waals surface area contributed by atoms with Crippen molar-refractivity contribution >= 4 is 0 Å². The zero-order chi connectivity index (χ0) is 12.0. The molecule has 4 heteroatoms. The third-order valence-electron chi connectivity index (χ3n) is 2.04. The Bertz CT molecular complexity index is 341. The maximum absolute atomic E-state index is 13.3. The second kappa shape index (κ2) is 6.23. The van der Waals surface area contributed by atoms with Crippen LogP contribution in [0.4, 0.5) is 8.78 Å². The van der Waals surface area contributed by atoms with Crippen molar-refractivity contribution in [3.8, 4) is 5.75 Å². The molecule has 0 heterocycles. The lowest BCUT2D eigenvalue weighted by molar-refractivity contribution is 0.270. The van der Waals surface area contributed by atoms with Gasteiger partial charge >= 0.3 is 0 Å². The highest BCUT2D eigenvalue weighted by Crippen LogP contribution is 2.23. The number of halogens is 2. The summed E-state index contributed by atoms with van der Waals surface area (Å²) in [4.78, 5) is 0. The Kier molecular flexibility index (Phi) is 4.92. The molecule has 0 amide bonds. The minimum absolute atomic E-state index is 0.188. The van der Waals surface area contributed by atoms with E-state index in [4.69, 9.17) is 9.84 Å². The maximum atomic E-state index is 13.3. The van der Waals surface area contributed by atoms with Crippen molar-refractivity contribution in [2.45, 2.75) is 19.4 Å². The first-order valence-corrected chi connectivity index (χ1v) is 5.01. The third kappa shape index (κ3) is 3.31. The Morgan fingerprint density at radius 1 is 1.31 bits per heavy atom. The van der Waals surface area contributed by atoms with Crippen LogP contribution in [0.3, 0.4) is 0 Å². The summed E-state index contributed by atoms with van der Waals surface area (Å²) in [6.45, 7) is 3.37. The number of benzene rings is 1. The Balaban J connectivity index is 2.68. The summed E-state index contributed by atoms with van der Waals surface area (Å²) >= 11 is 0. The first-order chi connectivity index (χ1) is 7.69. The van der Waals surface area contributed by atoms with E-state index in [1.165, 1.54) is 0 Å². The molecule has 0 spiro atoms. The Hall–Kier alpha value is -1.42. The monoisotopic (exact) mass is 228 g/mol. The number of hydrogen-bond acceptors (Lipinski definition) is 2. The van der Waals surface area contributed by atoms with Gasteiger partial charge in [0, 0.05) is 0 Å². The lowest BCUT2D eigenvalue weighted by Gasteiger charge is -2.08. The summed E-state index contributed by atoms with van der Waals surface area (Å²) in [7, 11) is 0. The molecule has 0 aliphatic carbocycles. The minimum atomic E-state index is -0.789. The quantitative estimate of drug-likeness (QED) is 0.599. The topological polar surface area (TPSA) is 29.5 Å². The summed E-state index contributed by atoms with van der Waals surface area (Å²) in [6, 6.07) is 2.12. The van der Waals surface area contributed by atoms with E-state index in [-0.39, 0.29) is 17.9 Å². The van der Waals surface area contributed by atoms with Gasteiger partial charge in [0.2, 0.25) is 0 Å². The summed E-state index contributed by atoms with van der Waals surface area (Å²) in [5.41, 5.74) is 0.188. The van der Waals surface area contributed by atoms with E-state index in [1.807, 2.05) is 0 Å². The zero-order valence-corrected chi connectivity index (χ0v) is 8.88. The fraction of sp³-hybridized carbons (Fsp3) is 0.333. The van der Waals surface area contributed by atoms with Crippen LogP contribution in [0.15, 0.2) is 24.8 Å². The van der Waals surface area contributed by atoms with Gasteiger partial charge in [-0.1, -0.05) is 6.08 Å². The lowest BCUT2D eigenvalue weighted by Crippen LogP contribution is -2.02. The van der Waals surface area contributed by atoms with Gasteiger partial charge in [0.05, 0.1) is 13.2 Å². The summed E-state index contributed by atoms with van der Waals surface area (Å²) in [5, 5.41) is 8.74. The molecule has 1 N–H and O–H groups in total. The molecular formula is C12H14F2O2. The molecule has 0 unspecified atom stereocenters. The van der Waals surface area contributed by atoms with Gasteiger partial charge in [-0.2, -0.15) is 0 Å². The summed E-state index contributed by atoms with van der Waals surface area (Å²) < 4.78 is 31.6. The van der Waals surface area contributed by atoms with Gasteiger partial charge in [0.15, 0.2) is 17.4 Å². The molecule has 0 saturated carbocycles. The summed E-state index contributed by atoms with van der Waals surface area (Å²) in [5.74, 6) is -1.97. The van der Waals surface area contributed by atoms with Gasteiger partial charge in [0.1, 0.15) is 0 Å².